The third-order valence-corrected chi connectivity index (χ3v) is 5.94. The predicted molar refractivity (Wildman–Crippen MR) is 124 cm³/mol. The van der Waals surface area contributed by atoms with Gasteiger partial charge in [0.25, 0.3) is 5.91 Å². The van der Waals surface area contributed by atoms with Gasteiger partial charge in [-0.2, -0.15) is 0 Å². The maximum atomic E-state index is 13.7. The van der Waals surface area contributed by atoms with E-state index < -0.39 is 6.04 Å². The van der Waals surface area contributed by atoms with Gasteiger partial charge in [-0.15, -0.1) is 0 Å². The molecule has 2 aromatic heterocycles. The molecule has 2 amide bonds. The third kappa shape index (κ3) is 5.14. The highest BCUT2D eigenvalue weighted by Gasteiger charge is 2.35. The molecule has 1 atom stereocenters. The Morgan fingerprint density at radius 2 is 1.66 bits per heavy atom. The molecule has 0 aliphatic heterocycles. The Hall–Kier alpha value is -3.25. The van der Waals surface area contributed by atoms with E-state index in [2.05, 4.69) is 15.3 Å². The lowest BCUT2D eigenvalue weighted by Crippen LogP contribution is -2.47. The summed E-state index contributed by atoms with van der Waals surface area (Å²) in [5.74, 6) is -0.587. The highest BCUT2D eigenvalue weighted by Crippen LogP contribution is 2.31. The highest BCUT2D eigenvalue weighted by atomic mass is 35.5. The van der Waals surface area contributed by atoms with Crippen molar-refractivity contribution >= 4 is 29.1 Å². The first-order valence-corrected chi connectivity index (χ1v) is 11.2. The molecule has 1 fully saturated rings. The van der Waals surface area contributed by atoms with Gasteiger partial charge in [0.15, 0.2) is 0 Å². The number of carbonyl (C=O) groups excluding carboxylic acids is 2. The first-order valence-electron chi connectivity index (χ1n) is 10.8. The van der Waals surface area contributed by atoms with Crippen molar-refractivity contribution in [2.24, 2.45) is 0 Å². The number of rotatable bonds is 6. The molecule has 6 nitrogen and oxygen atoms in total. The number of nitrogens with zero attached hydrogens (tertiary/aromatic N) is 3. The van der Waals surface area contributed by atoms with Crippen molar-refractivity contribution in [1.82, 2.24) is 15.3 Å². The molecule has 0 radical (unpaired) electrons. The second-order valence-corrected chi connectivity index (χ2v) is 8.33. The van der Waals surface area contributed by atoms with Gasteiger partial charge < -0.3 is 5.32 Å². The van der Waals surface area contributed by atoms with E-state index in [1.54, 1.807) is 73.2 Å². The minimum Gasteiger partial charge on any atom is -0.351 e. The number of aromatic nitrogens is 2. The molecule has 0 saturated heterocycles. The van der Waals surface area contributed by atoms with Crippen LogP contribution in [0, 0.1) is 0 Å². The van der Waals surface area contributed by atoms with Gasteiger partial charge in [-0.25, -0.2) is 0 Å². The van der Waals surface area contributed by atoms with Gasteiger partial charge in [0, 0.05) is 35.3 Å². The molecule has 1 aliphatic rings. The molecule has 32 heavy (non-hydrogen) atoms. The van der Waals surface area contributed by atoms with Crippen LogP contribution in [0.5, 0.6) is 0 Å². The van der Waals surface area contributed by atoms with Crippen LogP contribution in [0.15, 0.2) is 73.2 Å². The molecule has 0 spiro atoms. The van der Waals surface area contributed by atoms with Gasteiger partial charge in [-0.3, -0.25) is 24.5 Å². The second-order valence-electron chi connectivity index (χ2n) is 7.89. The SMILES string of the molecule is O=C(NC1CCCCC1)C(c1ccncc1)N(C(=O)c1ccccn1)c1ccc(Cl)cc1. The monoisotopic (exact) mass is 448 g/mol. The lowest BCUT2D eigenvalue weighted by atomic mass is 9.94. The predicted octanol–water partition coefficient (Wildman–Crippen LogP) is 4.97. The fourth-order valence-electron chi connectivity index (χ4n) is 4.09. The molecule has 164 valence electrons. The van der Waals surface area contributed by atoms with E-state index in [0.29, 0.717) is 16.3 Å². The molecule has 1 saturated carbocycles. The van der Waals surface area contributed by atoms with E-state index >= 15 is 0 Å². The maximum absolute atomic E-state index is 13.7. The summed E-state index contributed by atoms with van der Waals surface area (Å²) in [5.41, 5.74) is 1.49. The van der Waals surface area contributed by atoms with Gasteiger partial charge >= 0.3 is 0 Å². The first kappa shape index (κ1) is 22.0. The summed E-state index contributed by atoms with van der Waals surface area (Å²) in [6.07, 6.45) is 10.1. The van der Waals surface area contributed by atoms with Gasteiger partial charge in [-0.1, -0.05) is 36.9 Å². The number of benzene rings is 1. The zero-order chi connectivity index (χ0) is 22.3. The fraction of sp³-hybridized carbons (Fsp3) is 0.280. The van der Waals surface area contributed by atoms with E-state index in [4.69, 9.17) is 11.6 Å². The summed E-state index contributed by atoms with van der Waals surface area (Å²) in [4.78, 5) is 37.1. The molecule has 1 unspecified atom stereocenters. The van der Waals surface area contributed by atoms with Crippen LogP contribution in [0.3, 0.4) is 0 Å². The zero-order valence-corrected chi connectivity index (χ0v) is 18.4. The molecular weight excluding hydrogens is 424 g/mol. The van der Waals surface area contributed by atoms with Gasteiger partial charge in [0.1, 0.15) is 11.7 Å². The van der Waals surface area contributed by atoms with Crippen LogP contribution in [0.4, 0.5) is 5.69 Å². The smallest absolute Gasteiger partial charge is 0.277 e. The average Bonchev–Trinajstić information content (AvgIpc) is 2.84. The average molecular weight is 449 g/mol. The third-order valence-electron chi connectivity index (χ3n) is 5.69. The Balaban J connectivity index is 1.77. The summed E-state index contributed by atoms with van der Waals surface area (Å²) >= 11 is 6.10. The standard InChI is InChI=1S/C25H25ClN4O2/c26-19-9-11-21(12-10-19)30(25(32)22-8-4-5-15-28-22)23(18-13-16-27-17-14-18)24(31)29-20-6-2-1-3-7-20/h4-5,8-17,20,23H,1-3,6-7H2,(H,29,31). The molecule has 2 heterocycles. The number of nitrogens with one attached hydrogen (secondary N) is 1. The first-order chi connectivity index (χ1) is 15.6. The number of amides is 2. The molecule has 1 N–H and O–H groups in total. The number of anilines is 1. The molecule has 1 aromatic carbocycles. The van der Waals surface area contributed by atoms with Crippen LogP contribution in [-0.4, -0.2) is 27.8 Å². The normalized spacial score (nSPS) is 15.0. The minimum absolute atomic E-state index is 0.109. The van der Waals surface area contributed by atoms with E-state index in [0.717, 1.165) is 25.7 Å². The summed E-state index contributed by atoms with van der Waals surface area (Å²) in [7, 11) is 0. The van der Waals surface area contributed by atoms with Gasteiger partial charge in [-0.05, 0) is 66.9 Å². The van der Waals surface area contributed by atoms with Crippen LogP contribution in [-0.2, 0) is 4.79 Å². The number of carbonyl (C=O) groups is 2. The Labute approximate surface area is 192 Å². The van der Waals surface area contributed by atoms with E-state index in [1.807, 2.05) is 0 Å². The molecule has 0 bridgehead atoms. The lowest BCUT2D eigenvalue weighted by molar-refractivity contribution is -0.123. The summed E-state index contributed by atoms with van der Waals surface area (Å²) < 4.78 is 0. The van der Waals surface area contributed by atoms with Gasteiger partial charge in [0.05, 0.1) is 0 Å². The lowest BCUT2D eigenvalue weighted by Gasteiger charge is -2.33. The molecule has 1 aliphatic carbocycles. The second kappa shape index (κ2) is 10.4. The molecular formula is C25H25ClN4O2. The molecule has 4 rings (SSSR count). The van der Waals surface area contributed by atoms with E-state index in [9.17, 15) is 9.59 Å². The van der Waals surface area contributed by atoms with Crippen molar-refractivity contribution in [3.8, 4) is 0 Å². The minimum atomic E-state index is -0.879. The number of hydrogen-bond donors (Lipinski definition) is 1. The number of hydrogen-bond acceptors (Lipinski definition) is 4. The summed E-state index contributed by atoms with van der Waals surface area (Å²) in [6.45, 7) is 0. The number of halogens is 1. The van der Waals surface area contributed by atoms with Crippen molar-refractivity contribution < 1.29 is 9.59 Å². The quantitative estimate of drug-likeness (QED) is 0.577. The van der Waals surface area contributed by atoms with Gasteiger partial charge in [0.2, 0.25) is 5.91 Å². The van der Waals surface area contributed by atoms with Crippen LogP contribution < -0.4 is 10.2 Å². The maximum Gasteiger partial charge on any atom is 0.277 e. The summed E-state index contributed by atoms with van der Waals surface area (Å²) in [6, 6.07) is 14.8. The fourth-order valence-corrected chi connectivity index (χ4v) is 4.21. The van der Waals surface area contributed by atoms with Crippen LogP contribution in [0.25, 0.3) is 0 Å². The Morgan fingerprint density at radius 1 is 0.938 bits per heavy atom. The Bertz CT molecular complexity index is 1040. The topological polar surface area (TPSA) is 75.2 Å². The Morgan fingerprint density at radius 3 is 2.31 bits per heavy atom. The number of pyridine rings is 2. The van der Waals surface area contributed by atoms with E-state index in [1.165, 1.54) is 11.3 Å². The highest BCUT2D eigenvalue weighted by molar-refractivity contribution is 6.30. The largest absolute Gasteiger partial charge is 0.351 e. The zero-order valence-electron chi connectivity index (χ0n) is 17.7. The van der Waals surface area contributed by atoms with Crippen molar-refractivity contribution in [3.63, 3.8) is 0 Å². The molecule has 7 heteroatoms. The van der Waals surface area contributed by atoms with Crippen LogP contribution in [0.2, 0.25) is 5.02 Å². The van der Waals surface area contributed by atoms with Crippen molar-refractivity contribution in [3.05, 3.63) is 89.5 Å². The van der Waals surface area contributed by atoms with Crippen molar-refractivity contribution in [2.45, 2.75) is 44.2 Å². The Kier molecular flexibility index (Phi) is 7.12. The summed E-state index contributed by atoms with van der Waals surface area (Å²) in [5, 5.41) is 3.73. The van der Waals surface area contributed by atoms with Crippen LogP contribution >= 0.6 is 11.6 Å². The van der Waals surface area contributed by atoms with Crippen molar-refractivity contribution in [1.29, 1.82) is 0 Å². The van der Waals surface area contributed by atoms with Crippen molar-refractivity contribution in [2.75, 3.05) is 4.90 Å². The van der Waals surface area contributed by atoms with Crippen LogP contribution in [0.1, 0.15) is 54.2 Å². The van der Waals surface area contributed by atoms with E-state index in [-0.39, 0.29) is 23.6 Å². The molecule has 3 aromatic rings.